The molecule has 1 heteroatoms. The van der Waals surface area contributed by atoms with Crippen LogP contribution in [0.2, 0.25) is 0 Å². The van der Waals surface area contributed by atoms with Crippen molar-refractivity contribution in [3.8, 4) is 11.1 Å². The Balaban J connectivity index is 1.44. The maximum Gasteiger partial charge on any atom is 0.138 e. The first-order valence-corrected chi connectivity index (χ1v) is 11.7. The van der Waals surface area contributed by atoms with Crippen molar-refractivity contribution in [2.75, 3.05) is 0 Å². The average molecular weight is 413 g/mol. The van der Waals surface area contributed by atoms with E-state index in [1.54, 1.807) is 0 Å². The van der Waals surface area contributed by atoms with Gasteiger partial charge in [-0.15, -0.1) is 13.2 Å². The number of hydrogen-bond donors (Lipinski definition) is 0. The minimum atomic E-state index is -0.125. The van der Waals surface area contributed by atoms with Crippen molar-refractivity contribution in [1.29, 1.82) is 0 Å². The highest BCUT2D eigenvalue weighted by atomic mass is 19.1. The highest BCUT2D eigenvalue weighted by Gasteiger charge is 2.19. The van der Waals surface area contributed by atoms with Gasteiger partial charge >= 0.3 is 0 Å². The second kappa shape index (κ2) is 10.1. The third-order valence-corrected chi connectivity index (χ3v) is 6.99. The van der Waals surface area contributed by atoms with E-state index in [1.807, 2.05) is 30.3 Å². The number of benzene rings is 3. The van der Waals surface area contributed by atoms with Crippen LogP contribution in [-0.4, -0.2) is 0 Å². The summed E-state index contributed by atoms with van der Waals surface area (Å²) >= 11 is 0. The van der Waals surface area contributed by atoms with Gasteiger partial charge in [0.1, 0.15) is 5.82 Å². The number of hydrogen-bond acceptors (Lipinski definition) is 0. The second-order valence-electron chi connectivity index (χ2n) is 9.06. The van der Waals surface area contributed by atoms with Crippen LogP contribution in [0.1, 0.15) is 49.7 Å². The fourth-order valence-electron chi connectivity index (χ4n) is 4.92. The normalized spacial score (nSPS) is 18.7. The largest absolute Gasteiger partial charge is 0.206 e. The van der Waals surface area contributed by atoms with Crippen molar-refractivity contribution in [3.05, 3.63) is 96.9 Å². The van der Waals surface area contributed by atoms with Crippen LogP contribution in [0.5, 0.6) is 0 Å². The summed E-state index contributed by atoms with van der Waals surface area (Å²) in [4.78, 5) is 0. The van der Waals surface area contributed by atoms with Crippen molar-refractivity contribution in [2.24, 2.45) is 11.8 Å². The van der Waals surface area contributed by atoms with Crippen LogP contribution in [0.15, 0.2) is 79.9 Å². The first kappa shape index (κ1) is 21.6. The monoisotopic (exact) mass is 412 g/mol. The van der Waals surface area contributed by atoms with E-state index in [9.17, 15) is 0 Å². The second-order valence-corrected chi connectivity index (χ2v) is 9.06. The maximum atomic E-state index is 15.3. The van der Waals surface area contributed by atoms with E-state index < -0.39 is 0 Å². The summed E-state index contributed by atoms with van der Waals surface area (Å²) in [5.74, 6) is 1.44. The van der Waals surface area contributed by atoms with Crippen LogP contribution in [0, 0.1) is 17.7 Å². The summed E-state index contributed by atoms with van der Waals surface area (Å²) in [6.45, 7) is 7.72. The summed E-state index contributed by atoms with van der Waals surface area (Å²) in [6, 6.07) is 18.5. The van der Waals surface area contributed by atoms with Gasteiger partial charge in [-0.2, -0.15) is 0 Å². The van der Waals surface area contributed by atoms with Crippen LogP contribution in [0.3, 0.4) is 0 Å². The molecule has 1 saturated carbocycles. The summed E-state index contributed by atoms with van der Waals surface area (Å²) in [5, 5.41) is 1.66. The van der Waals surface area contributed by atoms with E-state index in [0.29, 0.717) is 10.9 Å². The summed E-state index contributed by atoms with van der Waals surface area (Å²) in [7, 11) is 0. The lowest BCUT2D eigenvalue weighted by atomic mass is 9.79. The fraction of sp³-hybridized carbons (Fsp3) is 0.333. The Morgan fingerprint density at radius 1 is 0.839 bits per heavy atom. The Morgan fingerprint density at radius 2 is 1.58 bits per heavy atom. The molecule has 160 valence electrons. The van der Waals surface area contributed by atoms with E-state index in [1.165, 1.54) is 43.2 Å². The summed E-state index contributed by atoms with van der Waals surface area (Å²) in [5.41, 5.74) is 4.20. The van der Waals surface area contributed by atoms with Crippen molar-refractivity contribution in [3.63, 3.8) is 0 Å². The molecule has 0 saturated heterocycles. The predicted octanol–water partition coefficient (Wildman–Crippen LogP) is 8.69. The van der Waals surface area contributed by atoms with Gasteiger partial charge in [0.2, 0.25) is 0 Å². The van der Waals surface area contributed by atoms with Crippen LogP contribution >= 0.6 is 0 Å². The van der Waals surface area contributed by atoms with Gasteiger partial charge < -0.3 is 0 Å². The van der Waals surface area contributed by atoms with Gasteiger partial charge in [-0.1, -0.05) is 66.7 Å². The molecule has 0 aromatic heterocycles. The van der Waals surface area contributed by atoms with Gasteiger partial charge in [-0.3, -0.25) is 0 Å². The molecule has 31 heavy (non-hydrogen) atoms. The van der Waals surface area contributed by atoms with Crippen LogP contribution in [-0.2, 0) is 12.8 Å². The summed E-state index contributed by atoms with van der Waals surface area (Å²) < 4.78 is 15.3. The first-order chi connectivity index (χ1) is 15.2. The molecule has 0 N–H and O–H groups in total. The molecular weight excluding hydrogens is 379 g/mol. The molecule has 0 amide bonds. The lowest BCUT2D eigenvalue weighted by molar-refractivity contribution is 0.296. The zero-order chi connectivity index (χ0) is 21.6. The molecular formula is C30H33F. The number of aryl methyl sites for hydroxylation is 2. The minimum Gasteiger partial charge on any atom is -0.206 e. The predicted molar refractivity (Wildman–Crippen MR) is 132 cm³/mol. The molecule has 0 aliphatic heterocycles. The van der Waals surface area contributed by atoms with Crippen LogP contribution < -0.4 is 0 Å². The molecule has 1 aliphatic rings. The molecule has 0 nitrogen and oxygen atoms in total. The van der Waals surface area contributed by atoms with Crippen LogP contribution in [0.25, 0.3) is 21.9 Å². The SMILES string of the molecule is C=CCCc1ccc2c(F)c(-c3ccc(CCC4CCC(C=C)CC4)cc3)ccc2c1. The molecule has 3 aromatic carbocycles. The average Bonchev–Trinajstić information content (AvgIpc) is 2.82. The standard InChI is InChI=1S/C30H33F/c1-3-5-6-25-15-19-29-27(21-25)18-20-28(30(29)31)26-16-13-24(14-17-26)12-11-23-9-7-22(4-2)8-10-23/h3-4,13-23H,1-2,5-12H2. The van der Waals surface area contributed by atoms with Gasteiger partial charge in [0, 0.05) is 10.9 Å². The first-order valence-electron chi connectivity index (χ1n) is 11.7. The van der Waals surface area contributed by atoms with E-state index in [2.05, 4.69) is 49.6 Å². The highest BCUT2D eigenvalue weighted by molar-refractivity contribution is 5.88. The zero-order valence-electron chi connectivity index (χ0n) is 18.5. The van der Waals surface area contributed by atoms with Gasteiger partial charge in [-0.25, -0.2) is 4.39 Å². The third-order valence-electron chi connectivity index (χ3n) is 6.99. The molecule has 1 aliphatic carbocycles. The summed E-state index contributed by atoms with van der Waals surface area (Å²) in [6.07, 6.45) is 13.5. The van der Waals surface area contributed by atoms with Crippen molar-refractivity contribution < 1.29 is 4.39 Å². The highest BCUT2D eigenvalue weighted by Crippen LogP contribution is 2.33. The van der Waals surface area contributed by atoms with E-state index in [4.69, 9.17) is 0 Å². The quantitative estimate of drug-likeness (QED) is 0.325. The Morgan fingerprint density at radius 3 is 2.29 bits per heavy atom. The Kier molecular flexibility index (Phi) is 7.02. The molecule has 3 aromatic rings. The lowest BCUT2D eigenvalue weighted by Crippen LogP contribution is -2.13. The smallest absolute Gasteiger partial charge is 0.138 e. The Labute approximate surface area is 186 Å². The maximum absolute atomic E-state index is 15.3. The van der Waals surface area contributed by atoms with Crippen LogP contribution in [0.4, 0.5) is 4.39 Å². The number of halogens is 1. The zero-order valence-corrected chi connectivity index (χ0v) is 18.5. The Bertz CT molecular complexity index is 1040. The van der Waals surface area contributed by atoms with Gasteiger partial charge in [0.05, 0.1) is 0 Å². The molecule has 4 rings (SSSR count). The van der Waals surface area contributed by atoms with E-state index in [0.717, 1.165) is 42.0 Å². The number of rotatable bonds is 8. The van der Waals surface area contributed by atoms with Crippen molar-refractivity contribution >= 4 is 10.8 Å². The minimum absolute atomic E-state index is 0.125. The molecule has 0 spiro atoms. The molecule has 0 atom stereocenters. The van der Waals surface area contributed by atoms with Gasteiger partial charge in [0.25, 0.3) is 0 Å². The van der Waals surface area contributed by atoms with Crippen molar-refractivity contribution in [1.82, 2.24) is 0 Å². The van der Waals surface area contributed by atoms with Crippen molar-refractivity contribution in [2.45, 2.75) is 51.4 Å². The lowest BCUT2D eigenvalue weighted by Gasteiger charge is -2.26. The molecule has 0 heterocycles. The van der Waals surface area contributed by atoms with E-state index >= 15 is 4.39 Å². The third kappa shape index (κ3) is 5.15. The Hall–Kier alpha value is -2.67. The number of allylic oxidation sites excluding steroid dienone is 2. The molecule has 0 bridgehead atoms. The molecule has 0 unspecified atom stereocenters. The van der Waals surface area contributed by atoms with Gasteiger partial charge in [0.15, 0.2) is 0 Å². The topological polar surface area (TPSA) is 0 Å². The van der Waals surface area contributed by atoms with Gasteiger partial charge in [-0.05, 0) is 85.3 Å². The van der Waals surface area contributed by atoms with E-state index in [-0.39, 0.29) is 5.82 Å². The molecule has 0 radical (unpaired) electrons. The fourth-order valence-corrected chi connectivity index (χ4v) is 4.92. The number of fused-ring (bicyclic) bond motifs is 1. The molecule has 1 fully saturated rings.